The lowest BCUT2D eigenvalue weighted by molar-refractivity contribution is -0.130. The zero-order valence-electron chi connectivity index (χ0n) is 14.0. The van der Waals surface area contributed by atoms with E-state index < -0.39 is 0 Å². The Labute approximate surface area is 129 Å². The summed E-state index contributed by atoms with van der Waals surface area (Å²) in [6, 6.07) is 6.40. The first-order valence-electron chi connectivity index (χ1n) is 8.32. The van der Waals surface area contributed by atoms with E-state index in [9.17, 15) is 4.79 Å². The predicted octanol–water partition coefficient (Wildman–Crippen LogP) is 4.07. The predicted molar refractivity (Wildman–Crippen MR) is 88.7 cm³/mol. The van der Waals surface area contributed by atoms with Gasteiger partial charge in [0.15, 0.2) is 5.78 Å². The average Bonchev–Trinajstić information content (AvgIpc) is 2.51. The van der Waals surface area contributed by atoms with Gasteiger partial charge >= 0.3 is 0 Å². The highest BCUT2D eigenvalue weighted by molar-refractivity contribution is 5.89. The molecule has 21 heavy (non-hydrogen) atoms. The van der Waals surface area contributed by atoms with Crippen LogP contribution in [0, 0.1) is 13.8 Å². The smallest absolute Gasteiger partial charge is 0.157 e. The van der Waals surface area contributed by atoms with E-state index in [-0.39, 0.29) is 5.54 Å². The van der Waals surface area contributed by atoms with E-state index in [1.165, 1.54) is 30.4 Å². The van der Waals surface area contributed by atoms with Crippen molar-refractivity contribution in [3.05, 3.63) is 34.9 Å². The maximum atomic E-state index is 12.9. The number of hydrogen-bond acceptors (Lipinski definition) is 2. The molecule has 0 N–H and O–H groups in total. The molecule has 1 saturated heterocycles. The maximum Gasteiger partial charge on any atom is 0.157 e. The summed E-state index contributed by atoms with van der Waals surface area (Å²) in [5.74, 6) is 0.371. The number of hydrogen-bond donors (Lipinski definition) is 0. The SMILES string of the molecule is CCC(C)(C(=O)Cc1ccc(C)c(C)c1)N1CCCCC1. The van der Waals surface area contributed by atoms with Gasteiger partial charge < -0.3 is 0 Å². The molecule has 0 spiro atoms. The number of carbonyl (C=O) groups is 1. The van der Waals surface area contributed by atoms with Gasteiger partial charge in [-0.3, -0.25) is 9.69 Å². The first-order chi connectivity index (χ1) is 9.97. The van der Waals surface area contributed by atoms with Gasteiger partial charge in [0, 0.05) is 6.42 Å². The number of Topliss-reactive ketones (excluding diaryl/α,β-unsaturated/α-hetero) is 1. The number of benzene rings is 1. The monoisotopic (exact) mass is 287 g/mol. The molecule has 1 aromatic rings. The molecule has 1 aromatic carbocycles. The van der Waals surface area contributed by atoms with Gasteiger partial charge in [-0.25, -0.2) is 0 Å². The first-order valence-corrected chi connectivity index (χ1v) is 8.32. The molecule has 0 saturated carbocycles. The number of aryl methyl sites for hydroxylation is 2. The summed E-state index contributed by atoms with van der Waals surface area (Å²) in [5.41, 5.74) is 3.43. The zero-order valence-corrected chi connectivity index (χ0v) is 14.0. The summed E-state index contributed by atoms with van der Waals surface area (Å²) in [5, 5.41) is 0. The Hall–Kier alpha value is -1.15. The molecular weight excluding hydrogens is 258 g/mol. The second-order valence-corrected chi connectivity index (χ2v) is 6.69. The molecule has 1 aliphatic heterocycles. The Bertz CT molecular complexity index is 502. The van der Waals surface area contributed by atoms with Crippen LogP contribution in [0.15, 0.2) is 18.2 Å². The fourth-order valence-corrected chi connectivity index (χ4v) is 3.27. The fraction of sp³-hybridized carbons (Fsp3) is 0.632. The fourth-order valence-electron chi connectivity index (χ4n) is 3.27. The third kappa shape index (κ3) is 3.55. The summed E-state index contributed by atoms with van der Waals surface area (Å²) in [6.07, 6.45) is 5.22. The molecule has 2 rings (SSSR count). The largest absolute Gasteiger partial charge is 0.297 e. The van der Waals surface area contributed by atoms with Crippen molar-refractivity contribution in [2.24, 2.45) is 0 Å². The van der Waals surface area contributed by atoms with Gasteiger partial charge in [0.1, 0.15) is 0 Å². The van der Waals surface area contributed by atoms with Crippen molar-refractivity contribution >= 4 is 5.78 Å². The van der Waals surface area contributed by atoms with E-state index in [4.69, 9.17) is 0 Å². The van der Waals surface area contributed by atoms with Crippen molar-refractivity contribution in [3.63, 3.8) is 0 Å². The van der Waals surface area contributed by atoms with Crippen LogP contribution in [0.4, 0.5) is 0 Å². The highest BCUT2D eigenvalue weighted by Gasteiger charge is 2.37. The lowest BCUT2D eigenvalue weighted by Crippen LogP contribution is -2.54. The Morgan fingerprint density at radius 3 is 2.38 bits per heavy atom. The average molecular weight is 287 g/mol. The van der Waals surface area contributed by atoms with Crippen LogP contribution in [0.2, 0.25) is 0 Å². The molecule has 0 amide bonds. The zero-order chi connectivity index (χ0) is 15.5. The second kappa shape index (κ2) is 6.74. The van der Waals surface area contributed by atoms with Crippen molar-refractivity contribution in [1.82, 2.24) is 4.90 Å². The number of ketones is 1. The van der Waals surface area contributed by atoms with Gasteiger partial charge in [0.2, 0.25) is 0 Å². The highest BCUT2D eigenvalue weighted by atomic mass is 16.1. The van der Waals surface area contributed by atoms with Crippen LogP contribution in [0.3, 0.4) is 0 Å². The van der Waals surface area contributed by atoms with Crippen LogP contribution < -0.4 is 0 Å². The molecule has 1 unspecified atom stereocenters. The molecule has 1 heterocycles. The highest BCUT2D eigenvalue weighted by Crippen LogP contribution is 2.26. The third-order valence-corrected chi connectivity index (χ3v) is 5.28. The van der Waals surface area contributed by atoms with Gasteiger partial charge in [-0.05, 0) is 69.8 Å². The lowest BCUT2D eigenvalue weighted by Gasteiger charge is -2.42. The topological polar surface area (TPSA) is 20.3 Å². The van der Waals surface area contributed by atoms with Gasteiger partial charge in [-0.15, -0.1) is 0 Å². The number of carbonyl (C=O) groups excluding carboxylic acids is 1. The molecule has 2 heteroatoms. The Balaban J connectivity index is 2.13. The van der Waals surface area contributed by atoms with E-state index in [0.29, 0.717) is 12.2 Å². The molecule has 1 aliphatic rings. The number of rotatable bonds is 5. The minimum Gasteiger partial charge on any atom is -0.297 e. The molecule has 0 aromatic heterocycles. The normalized spacial score (nSPS) is 19.2. The maximum absolute atomic E-state index is 12.9. The molecule has 0 bridgehead atoms. The van der Waals surface area contributed by atoms with E-state index in [2.05, 4.69) is 50.8 Å². The van der Waals surface area contributed by atoms with Crippen molar-refractivity contribution in [3.8, 4) is 0 Å². The first kappa shape index (κ1) is 16.2. The van der Waals surface area contributed by atoms with E-state index in [1.54, 1.807) is 0 Å². The van der Waals surface area contributed by atoms with Gasteiger partial charge in [-0.2, -0.15) is 0 Å². The van der Waals surface area contributed by atoms with E-state index in [1.807, 2.05) is 0 Å². The van der Waals surface area contributed by atoms with Gasteiger partial charge in [0.05, 0.1) is 5.54 Å². The van der Waals surface area contributed by atoms with Crippen molar-refractivity contribution < 1.29 is 4.79 Å². The van der Waals surface area contributed by atoms with Gasteiger partial charge in [-0.1, -0.05) is 31.5 Å². The summed E-state index contributed by atoms with van der Waals surface area (Å²) < 4.78 is 0. The molecule has 1 fully saturated rings. The van der Waals surface area contributed by atoms with E-state index >= 15 is 0 Å². The summed E-state index contributed by atoms with van der Waals surface area (Å²) >= 11 is 0. The third-order valence-electron chi connectivity index (χ3n) is 5.28. The Morgan fingerprint density at radius 1 is 1.14 bits per heavy atom. The van der Waals surface area contributed by atoms with Gasteiger partial charge in [0.25, 0.3) is 0 Å². The lowest BCUT2D eigenvalue weighted by atomic mass is 9.85. The van der Waals surface area contributed by atoms with Crippen LogP contribution >= 0.6 is 0 Å². The van der Waals surface area contributed by atoms with Crippen LogP contribution in [0.25, 0.3) is 0 Å². The standard InChI is InChI=1S/C19H29NO/c1-5-19(4,20-11-7-6-8-12-20)18(21)14-17-10-9-15(2)16(3)13-17/h9-10,13H,5-8,11-12,14H2,1-4H3. The molecule has 0 aliphatic carbocycles. The number of nitrogens with zero attached hydrogens (tertiary/aromatic N) is 1. The number of piperidine rings is 1. The van der Waals surface area contributed by atoms with E-state index in [0.717, 1.165) is 25.1 Å². The minimum atomic E-state index is -0.292. The second-order valence-electron chi connectivity index (χ2n) is 6.69. The minimum absolute atomic E-state index is 0.292. The number of likely N-dealkylation sites (tertiary alicyclic amines) is 1. The van der Waals surface area contributed by atoms with Crippen molar-refractivity contribution in [2.45, 2.75) is 65.3 Å². The summed E-state index contributed by atoms with van der Waals surface area (Å²) in [7, 11) is 0. The molecule has 116 valence electrons. The van der Waals surface area contributed by atoms with Crippen molar-refractivity contribution in [1.29, 1.82) is 0 Å². The quantitative estimate of drug-likeness (QED) is 0.813. The molecular formula is C19H29NO. The molecule has 1 atom stereocenters. The van der Waals surface area contributed by atoms with Crippen molar-refractivity contribution in [2.75, 3.05) is 13.1 Å². The summed E-state index contributed by atoms with van der Waals surface area (Å²) in [6.45, 7) is 10.7. The molecule has 0 radical (unpaired) electrons. The summed E-state index contributed by atoms with van der Waals surface area (Å²) in [4.78, 5) is 15.3. The van der Waals surface area contributed by atoms with Crippen LogP contribution in [-0.4, -0.2) is 29.3 Å². The Kier molecular flexibility index (Phi) is 5.21. The Morgan fingerprint density at radius 2 is 1.81 bits per heavy atom. The molecule has 2 nitrogen and oxygen atoms in total. The van der Waals surface area contributed by atoms with Crippen LogP contribution in [0.1, 0.15) is 56.2 Å². The van der Waals surface area contributed by atoms with Crippen LogP contribution in [0.5, 0.6) is 0 Å². The van der Waals surface area contributed by atoms with Crippen LogP contribution in [-0.2, 0) is 11.2 Å².